The second-order valence-corrected chi connectivity index (χ2v) is 5.37. The lowest BCUT2D eigenvalue weighted by Crippen LogP contribution is -2.33. The van der Waals surface area contributed by atoms with Crippen LogP contribution in [-0.4, -0.2) is 17.5 Å². The zero-order chi connectivity index (χ0) is 13.0. The highest BCUT2D eigenvalue weighted by atomic mass is 127. The molecule has 17 heavy (non-hydrogen) atoms. The molecule has 0 spiro atoms. The molecule has 0 radical (unpaired) electrons. The van der Waals surface area contributed by atoms with Crippen LogP contribution >= 0.6 is 22.6 Å². The monoisotopic (exact) mass is 349 g/mol. The molecule has 0 saturated carbocycles. The largest absolute Gasteiger partial charge is 0.383 e. The van der Waals surface area contributed by atoms with Crippen molar-refractivity contribution in [3.63, 3.8) is 0 Å². The summed E-state index contributed by atoms with van der Waals surface area (Å²) >= 11 is 1.96. The van der Waals surface area contributed by atoms with Crippen molar-refractivity contribution in [3.8, 4) is 0 Å². The van der Waals surface area contributed by atoms with Crippen molar-refractivity contribution in [3.05, 3.63) is 31.9 Å². The van der Waals surface area contributed by atoms with E-state index in [0.717, 1.165) is 5.69 Å². The van der Waals surface area contributed by atoms with Crippen LogP contribution in [-0.2, 0) is 0 Å². The highest BCUT2D eigenvalue weighted by Crippen LogP contribution is 2.24. The van der Waals surface area contributed by atoms with Crippen LogP contribution < -0.4 is 11.1 Å². The van der Waals surface area contributed by atoms with E-state index in [4.69, 9.17) is 5.73 Å². The molecule has 5 nitrogen and oxygen atoms in total. The first-order valence-corrected chi connectivity index (χ1v) is 6.43. The third kappa shape index (κ3) is 4.12. The summed E-state index contributed by atoms with van der Waals surface area (Å²) in [7, 11) is 0. The molecule has 0 aliphatic heterocycles. The molecule has 1 aromatic rings. The number of benzene rings is 1. The molecule has 0 amide bonds. The third-order valence-corrected chi connectivity index (χ3v) is 3.41. The molecule has 3 N–H and O–H groups in total. The lowest BCUT2D eigenvalue weighted by atomic mass is 10.1. The Hall–Kier alpha value is -0.890. The van der Waals surface area contributed by atoms with Gasteiger partial charge in [-0.15, -0.1) is 0 Å². The van der Waals surface area contributed by atoms with Crippen LogP contribution in [0.1, 0.15) is 13.8 Å². The van der Waals surface area contributed by atoms with E-state index in [1.807, 2.05) is 22.6 Å². The van der Waals surface area contributed by atoms with Crippen LogP contribution in [0.5, 0.6) is 0 Å². The van der Waals surface area contributed by atoms with Gasteiger partial charge in [-0.2, -0.15) is 0 Å². The molecule has 0 bridgehead atoms. The van der Waals surface area contributed by atoms with Crippen molar-refractivity contribution in [2.24, 2.45) is 11.7 Å². The number of nitrogens with two attached hydrogens (primary N) is 1. The number of nitrogens with zero attached hydrogens (tertiary/aromatic N) is 1. The highest BCUT2D eigenvalue weighted by Gasteiger charge is 2.12. The number of nitrogens with one attached hydrogen (secondary N) is 1. The smallest absolute Gasteiger partial charge is 0.282 e. The third-order valence-electron chi connectivity index (χ3n) is 2.54. The van der Waals surface area contributed by atoms with Gasteiger partial charge in [0, 0.05) is 24.3 Å². The number of halogens is 1. The summed E-state index contributed by atoms with van der Waals surface area (Å²) in [5.74, 6) is 0.402. The lowest BCUT2D eigenvalue weighted by molar-refractivity contribution is -0.385. The number of hydrogen-bond donors (Lipinski definition) is 2. The van der Waals surface area contributed by atoms with Gasteiger partial charge in [0.15, 0.2) is 0 Å². The molecule has 0 aliphatic carbocycles. The Morgan fingerprint density at radius 1 is 1.53 bits per heavy atom. The molecule has 1 atom stereocenters. The highest BCUT2D eigenvalue weighted by molar-refractivity contribution is 14.1. The molecule has 94 valence electrons. The molecule has 0 heterocycles. The Morgan fingerprint density at radius 2 is 2.18 bits per heavy atom. The van der Waals surface area contributed by atoms with Gasteiger partial charge in [-0.1, -0.05) is 13.8 Å². The standard InChI is InChI=1S/C11H16IN3O2/c1-7(2)10(13)6-14-8-3-4-11(15(16)17)9(12)5-8/h3-5,7,10,14H,6,13H2,1-2H3. The Balaban J connectivity index is 2.68. The number of anilines is 1. The van der Waals surface area contributed by atoms with Gasteiger partial charge in [-0.3, -0.25) is 10.1 Å². The molecule has 0 aromatic heterocycles. The molecule has 1 aromatic carbocycles. The van der Waals surface area contributed by atoms with Crippen molar-refractivity contribution in [2.75, 3.05) is 11.9 Å². The summed E-state index contributed by atoms with van der Waals surface area (Å²) in [6, 6.07) is 5.03. The van der Waals surface area contributed by atoms with Gasteiger partial charge in [0.1, 0.15) is 0 Å². The van der Waals surface area contributed by atoms with Crippen LogP contribution in [0.15, 0.2) is 18.2 Å². The maximum absolute atomic E-state index is 10.6. The van der Waals surface area contributed by atoms with Crippen LogP contribution in [0, 0.1) is 19.6 Å². The zero-order valence-corrected chi connectivity index (χ0v) is 12.0. The van der Waals surface area contributed by atoms with Gasteiger partial charge < -0.3 is 11.1 Å². The summed E-state index contributed by atoms with van der Waals surface area (Å²) in [4.78, 5) is 10.3. The van der Waals surface area contributed by atoms with Gasteiger partial charge in [0.05, 0.1) is 8.49 Å². The van der Waals surface area contributed by atoms with E-state index in [0.29, 0.717) is 16.0 Å². The Morgan fingerprint density at radius 3 is 2.65 bits per heavy atom. The van der Waals surface area contributed by atoms with Gasteiger partial charge in [0.25, 0.3) is 5.69 Å². The molecular weight excluding hydrogens is 333 g/mol. The number of nitro benzene ring substituents is 1. The summed E-state index contributed by atoms with van der Waals surface area (Å²) in [6.45, 7) is 4.78. The SMILES string of the molecule is CC(C)C(N)CNc1ccc([N+](=O)[O-])c(I)c1. The van der Waals surface area contributed by atoms with Crippen LogP contribution in [0.25, 0.3) is 0 Å². The van der Waals surface area contributed by atoms with Gasteiger partial charge in [-0.05, 0) is 40.6 Å². The second-order valence-electron chi connectivity index (χ2n) is 4.21. The molecule has 0 aliphatic rings. The summed E-state index contributed by atoms with van der Waals surface area (Å²) in [6.07, 6.45) is 0. The second kappa shape index (κ2) is 6.15. The minimum absolute atomic E-state index is 0.0721. The first kappa shape index (κ1) is 14.2. The van der Waals surface area contributed by atoms with E-state index in [9.17, 15) is 10.1 Å². The first-order chi connectivity index (χ1) is 7.91. The number of nitro groups is 1. The van der Waals surface area contributed by atoms with E-state index in [2.05, 4.69) is 19.2 Å². The first-order valence-electron chi connectivity index (χ1n) is 5.35. The number of hydrogen-bond acceptors (Lipinski definition) is 4. The van der Waals surface area contributed by atoms with Crippen molar-refractivity contribution in [1.29, 1.82) is 0 Å². The van der Waals surface area contributed by atoms with E-state index in [1.54, 1.807) is 12.1 Å². The van der Waals surface area contributed by atoms with Crippen molar-refractivity contribution < 1.29 is 4.92 Å². The molecule has 0 saturated heterocycles. The zero-order valence-electron chi connectivity index (χ0n) is 9.81. The van der Waals surface area contributed by atoms with Crippen LogP contribution in [0.4, 0.5) is 11.4 Å². The fraction of sp³-hybridized carbons (Fsp3) is 0.455. The molecule has 1 unspecified atom stereocenters. The minimum Gasteiger partial charge on any atom is -0.383 e. The van der Waals surface area contributed by atoms with E-state index >= 15 is 0 Å². The molecule has 6 heteroatoms. The topological polar surface area (TPSA) is 81.2 Å². The van der Waals surface area contributed by atoms with Gasteiger partial charge in [-0.25, -0.2) is 0 Å². The minimum atomic E-state index is -0.384. The van der Waals surface area contributed by atoms with Gasteiger partial charge in [0.2, 0.25) is 0 Å². The van der Waals surface area contributed by atoms with Crippen LogP contribution in [0.3, 0.4) is 0 Å². The Kier molecular flexibility index (Phi) is 5.13. The van der Waals surface area contributed by atoms with Crippen LogP contribution in [0.2, 0.25) is 0 Å². The maximum Gasteiger partial charge on any atom is 0.282 e. The fourth-order valence-electron chi connectivity index (χ4n) is 1.24. The molecular formula is C11H16IN3O2. The lowest BCUT2D eigenvalue weighted by Gasteiger charge is -2.17. The quantitative estimate of drug-likeness (QED) is 0.486. The van der Waals surface area contributed by atoms with Gasteiger partial charge >= 0.3 is 0 Å². The summed E-state index contributed by atoms with van der Waals surface area (Å²) in [5.41, 5.74) is 6.89. The summed E-state index contributed by atoms with van der Waals surface area (Å²) < 4.78 is 0.621. The van der Waals surface area contributed by atoms with E-state index in [1.165, 1.54) is 6.07 Å². The number of rotatable bonds is 5. The Labute approximate surface area is 114 Å². The van der Waals surface area contributed by atoms with Crippen molar-refractivity contribution in [1.82, 2.24) is 0 Å². The predicted molar refractivity (Wildman–Crippen MR) is 77.1 cm³/mol. The molecule has 1 rings (SSSR count). The molecule has 0 fully saturated rings. The van der Waals surface area contributed by atoms with E-state index < -0.39 is 0 Å². The maximum atomic E-state index is 10.6. The average molecular weight is 349 g/mol. The average Bonchev–Trinajstić information content (AvgIpc) is 2.25. The summed E-state index contributed by atoms with van der Waals surface area (Å²) in [5, 5.41) is 13.8. The normalized spacial score (nSPS) is 12.5. The van der Waals surface area contributed by atoms with Crippen molar-refractivity contribution >= 4 is 34.0 Å². The predicted octanol–water partition coefficient (Wildman–Crippen LogP) is 2.59. The van der Waals surface area contributed by atoms with Crippen molar-refractivity contribution in [2.45, 2.75) is 19.9 Å². The fourth-order valence-corrected chi connectivity index (χ4v) is 1.95. The van der Waals surface area contributed by atoms with E-state index in [-0.39, 0.29) is 16.7 Å². The Bertz CT molecular complexity index is 410.